The van der Waals surface area contributed by atoms with E-state index in [1.54, 1.807) is 0 Å². The van der Waals surface area contributed by atoms with Crippen LogP contribution in [0.15, 0.2) is 18.2 Å². The summed E-state index contributed by atoms with van der Waals surface area (Å²) in [5, 5.41) is 19.3. The molecule has 0 amide bonds. The van der Waals surface area contributed by atoms with Crippen molar-refractivity contribution in [1.29, 1.82) is 0 Å². The number of carboxylic acids is 1. The van der Waals surface area contributed by atoms with Crippen LogP contribution in [0.1, 0.15) is 15.9 Å². The second kappa shape index (κ2) is 4.75. The number of hydrogen-bond donors (Lipinski definition) is 1. The molecule has 1 aromatic carbocycles. The molecule has 0 aromatic heterocycles. The minimum absolute atomic E-state index is 0.307. The first-order valence-corrected chi connectivity index (χ1v) is 4.66. The fraction of sp³-hybridized carbons (Fsp3) is 0.222. The Bertz CT molecular complexity index is 405. The van der Waals surface area contributed by atoms with Gasteiger partial charge in [0.25, 0.3) is 5.69 Å². The zero-order valence-electron chi connectivity index (χ0n) is 7.64. The number of nitro groups is 1. The lowest BCUT2D eigenvalue weighted by molar-refractivity contribution is -0.385. The molecule has 0 unspecified atom stereocenters. The van der Waals surface area contributed by atoms with Crippen LogP contribution in [-0.2, 0) is 6.42 Å². The lowest BCUT2D eigenvalue weighted by Gasteiger charge is -2.01. The molecular formula is C9H8ClNO4. The molecule has 1 aromatic rings. The summed E-state index contributed by atoms with van der Waals surface area (Å²) in [6.07, 6.45) is 0.474. The van der Waals surface area contributed by atoms with Crippen LogP contribution in [0.3, 0.4) is 0 Å². The van der Waals surface area contributed by atoms with Gasteiger partial charge in [0.1, 0.15) is 5.56 Å². The Morgan fingerprint density at radius 3 is 2.67 bits per heavy atom. The maximum Gasteiger partial charge on any atom is 0.342 e. The highest BCUT2D eigenvalue weighted by atomic mass is 35.5. The predicted molar refractivity (Wildman–Crippen MR) is 54.5 cm³/mol. The molecule has 0 saturated heterocycles. The molecule has 0 bridgehead atoms. The van der Waals surface area contributed by atoms with E-state index >= 15 is 0 Å². The minimum atomic E-state index is -1.31. The van der Waals surface area contributed by atoms with Crippen LogP contribution in [0.4, 0.5) is 5.69 Å². The third kappa shape index (κ3) is 2.66. The van der Waals surface area contributed by atoms with Crippen molar-refractivity contribution < 1.29 is 14.8 Å². The molecule has 0 heterocycles. The maximum absolute atomic E-state index is 10.7. The number of halogens is 1. The van der Waals surface area contributed by atoms with Gasteiger partial charge in [0.05, 0.1) is 4.92 Å². The molecule has 0 saturated carbocycles. The molecule has 5 nitrogen and oxygen atoms in total. The number of rotatable bonds is 4. The predicted octanol–water partition coefficient (Wildman–Crippen LogP) is 2.07. The molecule has 0 aliphatic carbocycles. The van der Waals surface area contributed by atoms with Gasteiger partial charge in [0.2, 0.25) is 0 Å². The lowest BCUT2D eigenvalue weighted by atomic mass is 10.1. The summed E-state index contributed by atoms with van der Waals surface area (Å²) in [5.74, 6) is -0.969. The summed E-state index contributed by atoms with van der Waals surface area (Å²) in [6.45, 7) is 0. The number of alkyl halides is 1. The van der Waals surface area contributed by atoms with Crippen LogP contribution >= 0.6 is 11.6 Å². The largest absolute Gasteiger partial charge is 0.477 e. The van der Waals surface area contributed by atoms with Gasteiger partial charge in [-0.3, -0.25) is 10.1 Å². The third-order valence-corrected chi connectivity index (χ3v) is 2.06. The van der Waals surface area contributed by atoms with E-state index in [0.29, 0.717) is 17.9 Å². The molecule has 0 aliphatic rings. The van der Waals surface area contributed by atoms with E-state index in [-0.39, 0.29) is 5.56 Å². The number of carboxylic acid groups (broad SMARTS) is 1. The van der Waals surface area contributed by atoms with Crippen molar-refractivity contribution in [3.05, 3.63) is 39.4 Å². The summed E-state index contributed by atoms with van der Waals surface area (Å²) >= 11 is 5.48. The lowest BCUT2D eigenvalue weighted by Crippen LogP contribution is -2.03. The molecule has 1 rings (SSSR count). The molecule has 1 N–H and O–H groups in total. The van der Waals surface area contributed by atoms with E-state index in [9.17, 15) is 14.9 Å². The van der Waals surface area contributed by atoms with Crippen LogP contribution < -0.4 is 0 Å². The Morgan fingerprint density at radius 2 is 2.20 bits per heavy atom. The van der Waals surface area contributed by atoms with E-state index in [0.717, 1.165) is 0 Å². The van der Waals surface area contributed by atoms with E-state index in [2.05, 4.69) is 0 Å². The van der Waals surface area contributed by atoms with Crippen molar-refractivity contribution in [2.75, 3.05) is 5.88 Å². The first kappa shape index (κ1) is 11.5. The van der Waals surface area contributed by atoms with Gasteiger partial charge in [-0.2, -0.15) is 0 Å². The van der Waals surface area contributed by atoms with Gasteiger partial charge in [-0.05, 0) is 18.1 Å². The molecule has 0 atom stereocenters. The van der Waals surface area contributed by atoms with Gasteiger partial charge < -0.3 is 5.11 Å². The zero-order valence-corrected chi connectivity index (χ0v) is 8.40. The molecule has 0 radical (unpaired) electrons. The van der Waals surface area contributed by atoms with E-state index in [4.69, 9.17) is 16.7 Å². The Morgan fingerprint density at radius 1 is 1.53 bits per heavy atom. The normalized spacial score (nSPS) is 9.93. The van der Waals surface area contributed by atoms with Crippen LogP contribution in [0, 0.1) is 10.1 Å². The van der Waals surface area contributed by atoms with Crippen molar-refractivity contribution in [2.45, 2.75) is 6.42 Å². The van der Waals surface area contributed by atoms with Crippen molar-refractivity contribution in [1.82, 2.24) is 0 Å². The Balaban J connectivity index is 3.21. The number of carbonyl (C=O) groups is 1. The highest BCUT2D eigenvalue weighted by Crippen LogP contribution is 2.20. The quantitative estimate of drug-likeness (QED) is 0.487. The fourth-order valence-electron chi connectivity index (χ4n) is 1.17. The van der Waals surface area contributed by atoms with Crippen molar-refractivity contribution in [3.63, 3.8) is 0 Å². The summed E-state index contributed by atoms with van der Waals surface area (Å²) in [5.41, 5.74) is -0.0508. The smallest absolute Gasteiger partial charge is 0.342 e. The maximum atomic E-state index is 10.7. The molecule has 6 heteroatoms. The topological polar surface area (TPSA) is 80.4 Å². The molecule has 0 spiro atoms. The molecule has 15 heavy (non-hydrogen) atoms. The Labute approximate surface area is 90.4 Å². The van der Waals surface area contributed by atoms with E-state index in [1.165, 1.54) is 18.2 Å². The Hall–Kier alpha value is -1.62. The number of hydrogen-bond acceptors (Lipinski definition) is 3. The highest BCUT2D eigenvalue weighted by molar-refractivity contribution is 6.18. The van der Waals surface area contributed by atoms with Crippen LogP contribution in [0.2, 0.25) is 0 Å². The standard InChI is InChI=1S/C9H8ClNO4/c10-4-3-6-1-2-7(9(12)13)8(5-6)11(14)15/h1-2,5H,3-4H2,(H,12,13). The number of nitrogens with zero attached hydrogens (tertiary/aromatic N) is 1. The average molecular weight is 230 g/mol. The molecular weight excluding hydrogens is 222 g/mol. The number of aryl methyl sites for hydroxylation is 1. The van der Waals surface area contributed by atoms with Gasteiger partial charge in [0, 0.05) is 11.9 Å². The van der Waals surface area contributed by atoms with Gasteiger partial charge in [-0.25, -0.2) is 4.79 Å². The average Bonchev–Trinajstić information content (AvgIpc) is 2.17. The first-order valence-electron chi connectivity index (χ1n) is 4.13. The molecule has 80 valence electrons. The zero-order chi connectivity index (χ0) is 11.4. The SMILES string of the molecule is O=C(O)c1ccc(CCCl)cc1[N+](=O)[O-]. The summed E-state index contributed by atoms with van der Waals surface area (Å²) in [4.78, 5) is 20.5. The van der Waals surface area contributed by atoms with Crippen LogP contribution in [0.5, 0.6) is 0 Å². The van der Waals surface area contributed by atoms with Crippen LogP contribution in [0.25, 0.3) is 0 Å². The third-order valence-electron chi connectivity index (χ3n) is 1.87. The van der Waals surface area contributed by atoms with E-state index < -0.39 is 16.6 Å². The second-order valence-corrected chi connectivity index (χ2v) is 3.23. The number of aromatic carboxylic acids is 1. The fourth-order valence-corrected chi connectivity index (χ4v) is 1.39. The van der Waals surface area contributed by atoms with Gasteiger partial charge in [0.15, 0.2) is 0 Å². The summed E-state index contributed by atoms with van der Waals surface area (Å²) < 4.78 is 0. The molecule has 0 aliphatic heterocycles. The highest BCUT2D eigenvalue weighted by Gasteiger charge is 2.19. The Kier molecular flexibility index (Phi) is 3.62. The number of benzene rings is 1. The monoisotopic (exact) mass is 229 g/mol. The summed E-state index contributed by atoms with van der Waals surface area (Å²) in [6, 6.07) is 3.99. The van der Waals surface area contributed by atoms with Gasteiger partial charge in [-0.15, -0.1) is 11.6 Å². The van der Waals surface area contributed by atoms with Crippen molar-refractivity contribution in [3.8, 4) is 0 Å². The van der Waals surface area contributed by atoms with Crippen LogP contribution in [-0.4, -0.2) is 21.9 Å². The van der Waals surface area contributed by atoms with Crippen molar-refractivity contribution >= 4 is 23.3 Å². The van der Waals surface area contributed by atoms with E-state index in [1.807, 2.05) is 0 Å². The summed E-state index contributed by atoms with van der Waals surface area (Å²) in [7, 11) is 0. The minimum Gasteiger partial charge on any atom is -0.477 e. The number of nitro benzene ring substituents is 1. The first-order chi connectivity index (χ1) is 7.06. The second-order valence-electron chi connectivity index (χ2n) is 2.85. The van der Waals surface area contributed by atoms with Gasteiger partial charge in [-0.1, -0.05) is 6.07 Å². The van der Waals surface area contributed by atoms with Crippen molar-refractivity contribution in [2.24, 2.45) is 0 Å². The molecule has 0 fully saturated rings. The van der Waals surface area contributed by atoms with Gasteiger partial charge >= 0.3 is 5.97 Å².